The molecule has 3 heteroatoms. The fraction of sp³-hybridized carbons (Fsp3) is 0.294. The third-order valence-corrected chi connectivity index (χ3v) is 3.27. The average molecular weight is 271 g/mol. The molecule has 3 nitrogen and oxygen atoms in total. The maximum absolute atomic E-state index is 5.82. The summed E-state index contributed by atoms with van der Waals surface area (Å²) in [6.07, 6.45) is 0. The molecule has 0 aliphatic rings. The lowest BCUT2D eigenvalue weighted by Gasteiger charge is -2.10. The van der Waals surface area contributed by atoms with Gasteiger partial charge in [-0.15, -0.1) is 0 Å². The minimum Gasteiger partial charge on any atom is -0.496 e. The molecule has 106 valence electrons. The first-order valence-corrected chi connectivity index (χ1v) is 6.72. The number of benzene rings is 2. The molecule has 0 aliphatic carbocycles. The second kappa shape index (κ2) is 6.44. The number of hydrogen-bond acceptors (Lipinski definition) is 3. The molecule has 1 atom stereocenters. The average Bonchev–Trinajstić information content (AvgIpc) is 2.45. The molecule has 0 saturated heterocycles. The van der Waals surface area contributed by atoms with Gasteiger partial charge in [-0.25, -0.2) is 0 Å². The van der Waals surface area contributed by atoms with E-state index in [9.17, 15) is 0 Å². The predicted octanol–water partition coefficient (Wildman–Crippen LogP) is 3.60. The van der Waals surface area contributed by atoms with Gasteiger partial charge in [0.25, 0.3) is 0 Å². The quantitative estimate of drug-likeness (QED) is 0.903. The molecule has 0 fully saturated rings. The Hall–Kier alpha value is -2.00. The molecule has 0 heterocycles. The van der Waals surface area contributed by atoms with E-state index in [4.69, 9.17) is 15.2 Å². The van der Waals surface area contributed by atoms with Crippen LogP contribution in [-0.4, -0.2) is 7.11 Å². The molecule has 0 aromatic heterocycles. The lowest BCUT2D eigenvalue weighted by Crippen LogP contribution is -2.04. The molecular formula is C17H21NO2. The highest BCUT2D eigenvalue weighted by Gasteiger charge is 2.02. The number of nitrogens with two attached hydrogens (primary N) is 1. The molecule has 0 saturated carbocycles. The van der Waals surface area contributed by atoms with Crippen LogP contribution in [0.4, 0.5) is 0 Å². The van der Waals surface area contributed by atoms with Crippen LogP contribution in [-0.2, 0) is 6.61 Å². The number of hydrogen-bond donors (Lipinski definition) is 1. The van der Waals surface area contributed by atoms with Gasteiger partial charge in [0, 0.05) is 6.04 Å². The van der Waals surface area contributed by atoms with Gasteiger partial charge in [0.1, 0.15) is 18.1 Å². The van der Waals surface area contributed by atoms with Crippen molar-refractivity contribution in [2.45, 2.75) is 26.5 Å². The van der Waals surface area contributed by atoms with Crippen molar-refractivity contribution in [2.24, 2.45) is 5.73 Å². The fourth-order valence-corrected chi connectivity index (χ4v) is 2.06. The summed E-state index contributed by atoms with van der Waals surface area (Å²) in [5.41, 5.74) is 9.17. The number of methoxy groups -OCH3 is 1. The Morgan fingerprint density at radius 3 is 2.35 bits per heavy atom. The first kappa shape index (κ1) is 14.4. The van der Waals surface area contributed by atoms with E-state index >= 15 is 0 Å². The first-order valence-electron chi connectivity index (χ1n) is 6.72. The van der Waals surface area contributed by atoms with E-state index in [0.717, 1.165) is 28.2 Å². The van der Waals surface area contributed by atoms with Crippen LogP contribution < -0.4 is 15.2 Å². The van der Waals surface area contributed by atoms with Gasteiger partial charge in [-0.2, -0.15) is 0 Å². The molecular weight excluding hydrogens is 250 g/mol. The third-order valence-electron chi connectivity index (χ3n) is 3.27. The van der Waals surface area contributed by atoms with Crippen molar-refractivity contribution < 1.29 is 9.47 Å². The molecule has 2 aromatic rings. The topological polar surface area (TPSA) is 44.5 Å². The Bertz CT molecular complexity index is 562. The molecule has 1 unspecified atom stereocenters. The van der Waals surface area contributed by atoms with Gasteiger partial charge in [0.05, 0.1) is 7.11 Å². The van der Waals surface area contributed by atoms with Crippen LogP contribution in [0.15, 0.2) is 42.5 Å². The van der Waals surface area contributed by atoms with Crippen LogP contribution in [0.1, 0.15) is 29.7 Å². The Labute approximate surface area is 120 Å². The number of ether oxygens (including phenoxy) is 2. The van der Waals surface area contributed by atoms with Crippen molar-refractivity contribution in [3.63, 3.8) is 0 Å². The second-order valence-corrected chi connectivity index (χ2v) is 4.95. The molecule has 0 amide bonds. The van der Waals surface area contributed by atoms with Gasteiger partial charge >= 0.3 is 0 Å². The Morgan fingerprint density at radius 2 is 1.80 bits per heavy atom. The Balaban J connectivity index is 1.99. The maximum atomic E-state index is 5.82. The summed E-state index contributed by atoms with van der Waals surface area (Å²) < 4.78 is 11.0. The van der Waals surface area contributed by atoms with Gasteiger partial charge in [0.2, 0.25) is 0 Å². The molecule has 0 spiro atoms. The molecule has 0 radical (unpaired) electrons. The Morgan fingerprint density at radius 1 is 1.10 bits per heavy atom. The van der Waals surface area contributed by atoms with Crippen LogP contribution in [0.5, 0.6) is 11.5 Å². The van der Waals surface area contributed by atoms with Crippen LogP contribution in [0.2, 0.25) is 0 Å². The molecule has 2 aromatic carbocycles. The summed E-state index contributed by atoms with van der Waals surface area (Å²) in [4.78, 5) is 0. The minimum atomic E-state index is 0.0493. The molecule has 0 aliphatic heterocycles. The van der Waals surface area contributed by atoms with Crippen LogP contribution in [0.25, 0.3) is 0 Å². The van der Waals surface area contributed by atoms with Crippen LogP contribution in [0.3, 0.4) is 0 Å². The summed E-state index contributed by atoms with van der Waals surface area (Å²) in [6.45, 7) is 4.54. The third kappa shape index (κ3) is 3.52. The zero-order valence-electron chi connectivity index (χ0n) is 12.2. The smallest absolute Gasteiger partial charge is 0.121 e. The van der Waals surface area contributed by atoms with Crippen molar-refractivity contribution in [1.29, 1.82) is 0 Å². The van der Waals surface area contributed by atoms with Gasteiger partial charge in [0.15, 0.2) is 0 Å². The largest absolute Gasteiger partial charge is 0.496 e. The molecule has 0 bridgehead atoms. The van der Waals surface area contributed by atoms with Crippen molar-refractivity contribution in [3.05, 3.63) is 59.2 Å². The predicted molar refractivity (Wildman–Crippen MR) is 81.1 cm³/mol. The first-order chi connectivity index (χ1) is 9.60. The zero-order valence-corrected chi connectivity index (χ0v) is 12.2. The monoisotopic (exact) mass is 271 g/mol. The van der Waals surface area contributed by atoms with Gasteiger partial charge in [-0.05, 0) is 54.8 Å². The summed E-state index contributed by atoms with van der Waals surface area (Å²) >= 11 is 0. The van der Waals surface area contributed by atoms with Crippen LogP contribution in [0, 0.1) is 6.92 Å². The summed E-state index contributed by atoms with van der Waals surface area (Å²) in [6, 6.07) is 14.0. The van der Waals surface area contributed by atoms with Gasteiger partial charge in [-0.1, -0.05) is 18.2 Å². The van der Waals surface area contributed by atoms with Crippen molar-refractivity contribution in [1.82, 2.24) is 0 Å². The zero-order chi connectivity index (χ0) is 14.5. The van der Waals surface area contributed by atoms with E-state index in [1.54, 1.807) is 7.11 Å². The van der Waals surface area contributed by atoms with E-state index in [2.05, 4.69) is 6.07 Å². The van der Waals surface area contributed by atoms with Crippen LogP contribution >= 0.6 is 0 Å². The highest BCUT2D eigenvalue weighted by molar-refractivity contribution is 5.36. The highest BCUT2D eigenvalue weighted by Crippen LogP contribution is 2.21. The van der Waals surface area contributed by atoms with Gasteiger partial charge < -0.3 is 15.2 Å². The SMILES string of the molecule is COc1ccc(COc2ccc(C(C)N)cc2)cc1C. The minimum absolute atomic E-state index is 0.0493. The van der Waals surface area contributed by atoms with Crippen molar-refractivity contribution in [3.8, 4) is 11.5 Å². The maximum Gasteiger partial charge on any atom is 0.121 e. The number of rotatable bonds is 5. The summed E-state index contributed by atoms with van der Waals surface area (Å²) in [7, 11) is 1.68. The van der Waals surface area contributed by atoms with Gasteiger partial charge in [-0.3, -0.25) is 0 Å². The highest BCUT2D eigenvalue weighted by atomic mass is 16.5. The second-order valence-electron chi connectivity index (χ2n) is 4.95. The van der Waals surface area contributed by atoms with E-state index in [0.29, 0.717) is 6.61 Å². The normalized spacial score (nSPS) is 12.0. The molecule has 2 rings (SSSR count). The van der Waals surface area contributed by atoms with E-state index < -0.39 is 0 Å². The van der Waals surface area contributed by atoms with E-state index in [1.807, 2.05) is 50.2 Å². The number of aryl methyl sites for hydroxylation is 1. The summed E-state index contributed by atoms with van der Waals surface area (Å²) in [5.74, 6) is 1.75. The summed E-state index contributed by atoms with van der Waals surface area (Å²) in [5, 5.41) is 0. The van der Waals surface area contributed by atoms with E-state index in [1.165, 1.54) is 0 Å². The Kier molecular flexibility index (Phi) is 4.64. The fourth-order valence-electron chi connectivity index (χ4n) is 2.06. The standard InChI is InChI=1S/C17H21NO2/c1-12-10-14(4-9-17(12)19-3)11-20-16-7-5-15(6-8-16)13(2)18/h4-10,13H,11,18H2,1-3H3. The van der Waals surface area contributed by atoms with E-state index in [-0.39, 0.29) is 6.04 Å². The lowest BCUT2D eigenvalue weighted by molar-refractivity contribution is 0.305. The molecule has 20 heavy (non-hydrogen) atoms. The van der Waals surface area contributed by atoms with Crippen molar-refractivity contribution in [2.75, 3.05) is 7.11 Å². The van der Waals surface area contributed by atoms with Crippen molar-refractivity contribution >= 4 is 0 Å². The lowest BCUT2D eigenvalue weighted by atomic mass is 10.1. The molecule has 2 N–H and O–H groups in total.